The summed E-state index contributed by atoms with van der Waals surface area (Å²) in [5, 5.41) is 2.97. The lowest BCUT2D eigenvalue weighted by Crippen LogP contribution is -2.23. The number of nitrogens with one attached hydrogen (secondary N) is 1. The van der Waals surface area contributed by atoms with Gasteiger partial charge >= 0.3 is 0 Å². The molecule has 0 amide bonds. The van der Waals surface area contributed by atoms with Gasteiger partial charge in [0, 0.05) is 6.20 Å². The first-order valence-corrected chi connectivity index (χ1v) is 6.88. The average molecular weight is 266 g/mol. The number of hydrogen-bond acceptors (Lipinski definition) is 2. The van der Waals surface area contributed by atoms with Crippen LogP contribution in [-0.2, 0) is 6.54 Å². The smallest absolute Gasteiger partial charge is 0.194 e. The fourth-order valence-electron chi connectivity index (χ4n) is 2.10. The van der Waals surface area contributed by atoms with Crippen molar-refractivity contribution in [3.63, 3.8) is 0 Å². The minimum absolute atomic E-state index is 0.384. The fraction of sp³-hybridized carbons (Fsp3) is 0.250. The molecule has 4 heteroatoms. The van der Waals surface area contributed by atoms with E-state index in [2.05, 4.69) is 39.6 Å². The van der Waals surface area contributed by atoms with E-state index >= 15 is 0 Å². The van der Waals surface area contributed by atoms with E-state index in [1.807, 2.05) is 18.2 Å². The van der Waals surface area contributed by atoms with Gasteiger partial charge in [-0.15, -0.1) is 0 Å². The van der Waals surface area contributed by atoms with Gasteiger partial charge in [0.2, 0.25) is 0 Å². The maximum absolute atomic E-state index is 5.84. The van der Waals surface area contributed by atoms with E-state index in [1.54, 1.807) is 6.20 Å². The maximum Gasteiger partial charge on any atom is 0.194 e. The SMILES string of the molecule is NC(=NCc1ccc(C2CC2)cc1)Nc1ccccn1. The third-order valence-corrected chi connectivity index (χ3v) is 3.38. The molecule has 0 spiro atoms. The summed E-state index contributed by atoms with van der Waals surface area (Å²) in [4.78, 5) is 8.46. The number of pyridine rings is 1. The van der Waals surface area contributed by atoms with Gasteiger partial charge in [-0.2, -0.15) is 0 Å². The van der Waals surface area contributed by atoms with Crippen molar-refractivity contribution in [1.29, 1.82) is 0 Å². The molecule has 102 valence electrons. The number of rotatable bonds is 4. The summed E-state index contributed by atoms with van der Waals surface area (Å²) in [6, 6.07) is 14.3. The quantitative estimate of drug-likeness (QED) is 0.660. The van der Waals surface area contributed by atoms with Crippen molar-refractivity contribution >= 4 is 11.8 Å². The molecular weight excluding hydrogens is 248 g/mol. The predicted molar refractivity (Wildman–Crippen MR) is 81.6 cm³/mol. The molecule has 1 fully saturated rings. The van der Waals surface area contributed by atoms with E-state index in [0.29, 0.717) is 18.3 Å². The van der Waals surface area contributed by atoms with E-state index < -0.39 is 0 Å². The van der Waals surface area contributed by atoms with Crippen LogP contribution in [0.3, 0.4) is 0 Å². The molecule has 3 rings (SSSR count). The second-order valence-electron chi connectivity index (χ2n) is 5.06. The summed E-state index contributed by atoms with van der Waals surface area (Å²) in [5.41, 5.74) is 8.45. The highest BCUT2D eigenvalue weighted by molar-refractivity contribution is 5.91. The summed E-state index contributed by atoms with van der Waals surface area (Å²) >= 11 is 0. The van der Waals surface area contributed by atoms with Gasteiger partial charge in [-0.25, -0.2) is 9.98 Å². The molecule has 2 aromatic rings. The van der Waals surface area contributed by atoms with Crippen LogP contribution in [0.15, 0.2) is 53.7 Å². The molecule has 1 saturated carbocycles. The maximum atomic E-state index is 5.84. The van der Waals surface area contributed by atoms with Crippen LogP contribution in [0.25, 0.3) is 0 Å². The number of aliphatic imine (C=N–C) groups is 1. The second kappa shape index (κ2) is 5.74. The Morgan fingerprint density at radius 2 is 2.00 bits per heavy atom. The summed E-state index contributed by atoms with van der Waals surface area (Å²) in [6.07, 6.45) is 4.38. The van der Waals surface area contributed by atoms with Crippen molar-refractivity contribution in [1.82, 2.24) is 4.98 Å². The van der Waals surface area contributed by atoms with Crippen molar-refractivity contribution in [2.45, 2.75) is 25.3 Å². The van der Waals surface area contributed by atoms with Crippen LogP contribution in [0.2, 0.25) is 0 Å². The van der Waals surface area contributed by atoms with Gasteiger partial charge in [-0.3, -0.25) is 0 Å². The Bertz CT molecular complexity index is 586. The largest absolute Gasteiger partial charge is 0.370 e. The van der Waals surface area contributed by atoms with Crippen LogP contribution < -0.4 is 11.1 Å². The third kappa shape index (κ3) is 3.35. The first-order valence-electron chi connectivity index (χ1n) is 6.88. The third-order valence-electron chi connectivity index (χ3n) is 3.38. The minimum atomic E-state index is 0.384. The summed E-state index contributed by atoms with van der Waals surface area (Å²) in [7, 11) is 0. The van der Waals surface area contributed by atoms with Crippen molar-refractivity contribution < 1.29 is 0 Å². The molecule has 0 bridgehead atoms. The average Bonchev–Trinajstić information content (AvgIpc) is 3.31. The lowest BCUT2D eigenvalue weighted by atomic mass is 10.1. The molecule has 1 aliphatic carbocycles. The van der Waals surface area contributed by atoms with E-state index in [0.717, 1.165) is 5.92 Å². The Labute approximate surface area is 118 Å². The monoisotopic (exact) mass is 266 g/mol. The lowest BCUT2D eigenvalue weighted by molar-refractivity contribution is 1.04. The number of guanidine groups is 1. The molecule has 0 atom stereocenters. The van der Waals surface area contributed by atoms with Crippen molar-refractivity contribution in [3.05, 3.63) is 59.8 Å². The van der Waals surface area contributed by atoms with Gasteiger partial charge in [-0.05, 0) is 42.0 Å². The van der Waals surface area contributed by atoms with Crippen molar-refractivity contribution in [2.75, 3.05) is 5.32 Å². The molecule has 20 heavy (non-hydrogen) atoms. The number of aromatic nitrogens is 1. The Morgan fingerprint density at radius 3 is 2.65 bits per heavy atom. The van der Waals surface area contributed by atoms with Crippen LogP contribution in [0.1, 0.15) is 29.9 Å². The van der Waals surface area contributed by atoms with Gasteiger partial charge < -0.3 is 11.1 Å². The topological polar surface area (TPSA) is 63.3 Å². The van der Waals surface area contributed by atoms with Gasteiger partial charge in [0.1, 0.15) is 5.82 Å². The minimum Gasteiger partial charge on any atom is -0.370 e. The molecule has 0 aliphatic heterocycles. The molecular formula is C16H18N4. The Kier molecular flexibility index (Phi) is 3.63. The Morgan fingerprint density at radius 1 is 1.20 bits per heavy atom. The standard InChI is InChI=1S/C16H18N4/c17-16(20-15-3-1-2-10-18-15)19-11-12-4-6-13(7-5-12)14-8-9-14/h1-7,10,14H,8-9,11H2,(H3,17,18,19,20). The van der Waals surface area contributed by atoms with Gasteiger partial charge in [0.25, 0.3) is 0 Å². The van der Waals surface area contributed by atoms with E-state index in [4.69, 9.17) is 5.73 Å². The molecule has 1 heterocycles. The zero-order valence-corrected chi connectivity index (χ0v) is 11.3. The molecule has 1 aliphatic rings. The van der Waals surface area contributed by atoms with Crippen LogP contribution in [-0.4, -0.2) is 10.9 Å². The molecule has 3 N–H and O–H groups in total. The Balaban J connectivity index is 1.58. The molecule has 1 aromatic heterocycles. The summed E-state index contributed by atoms with van der Waals surface area (Å²) in [6.45, 7) is 0.580. The predicted octanol–water partition coefficient (Wildman–Crippen LogP) is 2.89. The lowest BCUT2D eigenvalue weighted by Gasteiger charge is -2.05. The van der Waals surface area contributed by atoms with Crippen LogP contribution in [0.5, 0.6) is 0 Å². The first-order chi connectivity index (χ1) is 9.81. The first kappa shape index (κ1) is 12.7. The molecule has 0 unspecified atom stereocenters. The molecule has 0 radical (unpaired) electrons. The number of benzene rings is 1. The van der Waals surface area contributed by atoms with Crippen LogP contribution >= 0.6 is 0 Å². The van der Waals surface area contributed by atoms with Gasteiger partial charge in [0.15, 0.2) is 5.96 Å². The highest BCUT2D eigenvalue weighted by Gasteiger charge is 2.22. The van der Waals surface area contributed by atoms with E-state index in [1.165, 1.54) is 24.0 Å². The Hall–Kier alpha value is -2.36. The highest BCUT2D eigenvalue weighted by atomic mass is 15.1. The van der Waals surface area contributed by atoms with Crippen molar-refractivity contribution in [2.24, 2.45) is 10.7 Å². The second-order valence-corrected chi connectivity index (χ2v) is 5.06. The highest BCUT2D eigenvalue weighted by Crippen LogP contribution is 2.39. The molecule has 0 saturated heterocycles. The number of nitrogens with zero attached hydrogens (tertiary/aromatic N) is 2. The number of nitrogens with two attached hydrogens (primary N) is 1. The summed E-state index contributed by atoms with van der Waals surface area (Å²) in [5.74, 6) is 1.89. The normalized spacial score (nSPS) is 15.1. The van der Waals surface area contributed by atoms with Gasteiger partial charge in [0.05, 0.1) is 6.54 Å². The van der Waals surface area contributed by atoms with E-state index in [9.17, 15) is 0 Å². The van der Waals surface area contributed by atoms with Crippen LogP contribution in [0, 0.1) is 0 Å². The van der Waals surface area contributed by atoms with Gasteiger partial charge in [-0.1, -0.05) is 30.3 Å². The van der Waals surface area contributed by atoms with E-state index in [-0.39, 0.29) is 0 Å². The van der Waals surface area contributed by atoms with Crippen molar-refractivity contribution in [3.8, 4) is 0 Å². The molecule has 4 nitrogen and oxygen atoms in total. The zero-order chi connectivity index (χ0) is 13.8. The number of anilines is 1. The zero-order valence-electron chi connectivity index (χ0n) is 11.3. The fourth-order valence-corrected chi connectivity index (χ4v) is 2.10. The summed E-state index contributed by atoms with van der Waals surface area (Å²) < 4.78 is 0. The van der Waals surface area contributed by atoms with Crippen LogP contribution in [0.4, 0.5) is 5.82 Å². The molecule has 1 aromatic carbocycles. The number of hydrogen-bond donors (Lipinski definition) is 2.